The Morgan fingerprint density at radius 2 is 1.50 bits per heavy atom. The van der Waals surface area contributed by atoms with E-state index in [2.05, 4.69) is 0 Å². The monoisotopic (exact) mass is 375 g/mol. The summed E-state index contributed by atoms with van der Waals surface area (Å²) in [6.07, 6.45) is 0. The first-order valence-corrected chi connectivity index (χ1v) is 8.79. The van der Waals surface area contributed by atoms with E-state index in [0.717, 1.165) is 5.56 Å². The van der Waals surface area contributed by atoms with Gasteiger partial charge in [0.05, 0.1) is 12.7 Å². The molecule has 0 saturated carbocycles. The van der Waals surface area contributed by atoms with E-state index in [-0.39, 0.29) is 5.91 Å². The van der Waals surface area contributed by atoms with Crippen LogP contribution in [0.2, 0.25) is 0 Å². The van der Waals surface area contributed by atoms with Gasteiger partial charge < -0.3 is 14.4 Å². The number of anilines is 1. The van der Waals surface area contributed by atoms with Gasteiger partial charge in [0.1, 0.15) is 11.5 Å². The molecule has 0 saturated heterocycles. The van der Waals surface area contributed by atoms with Crippen LogP contribution in [-0.2, 0) is 0 Å². The predicted molar refractivity (Wildman–Crippen MR) is 108 cm³/mol. The van der Waals surface area contributed by atoms with Crippen LogP contribution >= 0.6 is 0 Å². The van der Waals surface area contributed by atoms with Crippen molar-refractivity contribution in [1.82, 2.24) is 0 Å². The zero-order valence-electron chi connectivity index (χ0n) is 16.0. The van der Waals surface area contributed by atoms with Crippen molar-refractivity contribution in [2.24, 2.45) is 0 Å². The van der Waals surface area contributed by atoms with Crippen LogP contribution in [0.15, 0.2) is 72.8 Å². The summed E-state index contributed by atoms with van der Waals surface area (Å²) in [6.45, 7) is 1.98. The number of esters is 1. The van der Waals surface area contributed by atoms with Crippen molar-refractivity contribution in [3.05, 3.63) is 89.5 Å². The van der Waals surface area contributed by atoms with E-state index < -0.39 is 5.97 Å². The zero-order chi connectivity index (χ0) is 20.1. The van der Waals surface area contributed by atoms with Gasteiger partial charge in [-0.05, 0) is 61.5 Å². The number of methoxy groups -OCH3 is 1. The van der Waals surface area contributed by atoms with Crippen LogP contribution in [0.3, 0.4) is 0 Å². The summed E-state index contributed by atoms with van der Waals surface area (Å²) in [5, 5.41) is 0. The third-order valence-corrected chi connectivity index (χ3v) is 4.34. The van der Waals surface area contributed by atoms with Crippen molar-refractivity contribution in [1.29, 1.82) is 0 Å². The average molecular weight is 375 g/mol. The molecule has 0 unspecified atom stereocenters. The summed E-state index contributed by atoms with van der Waals surface area (Å²) in [7, 11) is 3.25. The van der Waals surface area contributed by atoms with Crippen molar-refractivity contribution in [2.45, 2.75) is 6.92 Å². The highest BCUT2D eigenvalue weighted by Gasteiger charge is 2.14. The number of amides is 1. The zero-order valence-corrected chi connectivity index (χ0v) is 16.0. The molecule has 28 heavy (non-hydrogen) atoms. The van der Waals surface area contributed by atoms with Gasteiger partial charge >= 0.3 is 5.97 Å². The largest absolute Gasteiger partial charge is 0.497 e. The van der Waals surface area contributed by atoms with Crippen LogP contribution in [0, 0.1) is 6.92 Å². The van der Waals surface area contributed by atoms with Crippen molar-refractivity contribution in [3.8, 4) is 11.5 Å². The van der Waals surface area contributed by atoms with Crippen molar-refractivity contribution in [2.75, 3.05) is 19.1 Å². The smallest absolute Gasteiger partial charge is 0.343 e. The van der Waals surface area contributed by atoms with Crippen LogP contribution in [0.1, 0.15) is 26.3 Å². The van der Waals surface area contributed by atoms with Gasteiger partial charge in [0.15, 0.2) is 0 Å². The summed E-state index contributed by atoms with van der Waals surface area (Å²) in [4.78, 5) is 26.4. The molecular formula is C23H21NO4. The Balaban J connectivity index is 1.69. The van der Waals surface area contributed by atoms with E-state index in [4.69, 9.17) is 9.47 Å². The van der Waals surface area contributed by atoms with Gasteiger partial charge in [0.2, 0.25) is 0 Å². The first kappa shape index (κ1) is 19.2. The molecule has 5 heteroatoms. The predicted octanol–water partition coefficient (Wildman–Crippen LogP) is 4.50. The number of rotatable bonds is 5. The normalized spacial score (nSPS) is 10.2. The molecule has 0 aliphatic rings. The molecule has 0 aliphatic heterocycles. The number of aryl methyl sites for hydroxylation is 1. The second-order valence-corrected chi connectivity index (χ2v) is 6.35. The molecule has 0 N–H and O–H groups in total. The van der Waals surface area contributed by atoms with Crippen LogP contribution in [0.4, 0.5) is 5.69 Å². The number of nitrogens with zero attached hydrogens (tertiary/aromatic N) is 1. The maximum atomic E-state index is 12.6. The molecule has 0 fully saturated rings. The Morgan fingerprint density at radius 1 is 0.821 bits per heavy atom. The van der Waals surface area contributed by atoms with E-state index in [1.54, 1.807) is 72.6 Å². The molecule has 0 atom stereocenters. The van der Waals surface area contributed by atoms with Crippen molar-refractivity contribution in [3.63, 3.8) is 0 Å². The summed E-state index contributed by atoms with van der Waals surface area (Å²) in [6, 6.07) is 21.0. The standard InChI is InChI=1S/C23H21NO4/c1-16-7-9-17(10-8-16)22(25)24(2)19-11-13-20(14-12-19)28-23(26)18-5-4-6-21(15-18)27-3/h4-15H,1-3H3. The first-order valence-electron chi connectivity index (χ1n) is 8.79. The van der Waals surface area contributed by atoms with Crippen LogP contribution in [0.5, 0.6) is 11.5 Å². The van der Waals surface area contributed by atoms with E-state index in [1.807, 2.05) is 19.1 Å². The molecule has 0 radical (unpaired) electrons. The van der Waals surface area contributed by atoms with Gasteiger partial charge in [-0.25, -0.2) is 4.79 Å². The van der Waals surface area contributed by atoms with Crippen LogP contribution in [-0.4, -0.2) is 26.0 Å². The molecule has 5 nitrogen and oxygen atoms in total. The molecule has 0 bridgehead atoms. The Hall–Kier alpha value is -3.60. The van der Waals surface area contributed by atoms with Crippen LogP contribution in [0.25, 0.3) is 0 Å². The minimum Gasteiger partial charge on any atom is -0.497 e. The van der Waals surface area contributed by atoms with E-state index in [1.165, 1.54) is 7.11 Å². The molecule has 0 spiro atoms. The van der Waals surface area contributed by atoms with Gasteiger partial charge in [-0.15, -0.1) is 0 Å². The fraction of sp³-hybridized carbons (Fsp3) is 0.130. The minimum atomic E-state index is -0.476. The molecule has 3 aromatic rings. The second-order valence-electron chi connectivity index (χ2n) is 6.35. The van der Waals surface area contributed by atoms with E-state index in [9.17, 15) is 9.59 Å². The quantitative estimate of drug-likeness (QED) is 0.487. The van der Waals surface area contributed by atoms with Gasteiger partial charge in [0, 0.05) is 18.3 Å². The SMILES string of the molecule is COc1cccc(C(=O)Oc2ccc(N(C)C(=O)c3ccc(C)cc3)cc2)c1. The number of carbonyl (C=O) groups is 2. The molecule has 3 rings (SSSR count). The molecule has 1 amide bonds. The van der Waals surface area contributed by atoms with E-state index >= 15 is 0 Å². The molecule has 3 aromatic carbocycles. The number of ether oxygens (including phenoxy) is 2. The Morgan fingerprint density at radius 3 is 2.14 bits per heavy atom. The lowest BCUT2D eigenvalue weighted by molar-refractivity contribution is 0.0734. The van der Waals surface area contributed by atoms with Crippen molar-refractivity contribution >= 4 is 17.6 Å². The summed E-state index contributed by atoms with van der Waals surface area (Å²) in [5.41, 5.74) is 2.81. The maximum Gasteiger partial charge on any atom is 0.343 e. The number of carbonyl (C=O) groups excluding carboxylic acids is 2. The number of benzene rings is 3. The highest BCUT2D eigenvalue weighted by Crippen LogP contribution is 2.22. The lowest BCUT2D eigenvalue weighted by Crippen LogP contribution is -2.26. The number of hydrogen-bond acceptors (Lipinski definition) is 4. The lowest BCUT2D eigenvalue weighted by Gasteiger charge is -2.18. The highest BCUT2D eigenvalue weighted by molar-refractivity contribution is 6.05. The molecule has 0 aliphatic carbocycles. The first-order chi connectivity index (χ1) is 13.5. The molecule has 0 heterocycles. The Bertz CT molecular complexity index is 978. The van der Waals surface area contributed by atoms with Crippen molar-refractivity contribution < 1.29 is 19.1 Å². The van der Waals surface area contributed by atoms with Gasteiger partial charge in [-0.3, -0.25) is 4.79 Å². The minimum absolute atomic E-state index is 0.110. The Kier molecular flexibility index (Phi) is 5.75. The lowest BCUT2D eigenvalue weighted by atomic mass is 10.1. The maximum absolute atomic E-state index is 12.6. The third kappa shape index (κ3) is 4.38. The Labute approximate surface area is 164 Å². The molecule has 142 valence electrons. The van der Waals surface area contributed by atoms with Gasteiger partial charge in [0.25, 0.3) is 5.91 Å². The summed E-state index contributed by atoms with van der Waals surface area (Å²) < 4.78 is 10.5. The summed E-state index contributed by atoms with van der Waals surface area (Å²) >= 11 is 0. The fourth-order valence-corrected chi connectivity index (χ4v) is 2.66. The molecule has 0 aromatic heterocycles. The highest BCUT2D eigenvalue weighted by atomic mass is 16.5. The third-order valence-electron chi connectivity index (χ3n) is 4.34. The number of hydrogen-bond donors (Lipinski definition) is 0. The summed E-state index contributed by atoms with van der Waals surface area (Å²) in [5.74, 6) is 0.394. The average Bonchev–Trinajstić information content (AvgIpc) is 2.74. The van der Waals surface area contributed by atoms with E-state index in [0.29, 0.717) is 28.3 Å². The second kappa shape index (κ2) is 8.39. The van der Waals surface area contributed by atoms with Crippen LogP contribution < -0.4 is 14.4 Å². The molecular weight excluding hydrogens is 354 g/mol. The van der Waals surface area contributed by atoms with Gasteiger partial charge in [-0.1, -0.05) is 23.8 Å². The van der Waals surface area contributed by atoms with Gasteiger partial charge in [-0.2, -0.15) is 0 Å². The topological polar surface area (TPSA) is 55.8 Å². The fourth-order valence-electron chi connectivity index (χ4n) is 2.66.